The third-order valence-electron chi connectivity index (χ3n) is 4.47. The number of nitrogens with two attached hydrogens (primary N) is 1. The molecule has 2 nitrogen and oxygen atoms in total. The van der Waals surface area contributed by atoms with E-state index in [1.807, 2.05) is 6.92 Å². The second kappa shape index (κ2) is 2.05. The maximum Gasteiger partial charge on any atom is 0.0803 e. The van der Waals surface area contributed by atoms with Crippen molar-refractivity contribution in [1.82, 2.24) is 0 Å². The second-order valence-corrected chi connectivity index (χ2v) is 5.37. The van der Waals surface area contributed by atoms with Crippen LogP contribution in [0.3, 0.4) is 0 Å². The zero-order valence-electron chi connectivity index (χ0n) is 8.17. The van der Waals surface area contributed by atoms with Crippen LogP contribution in [-0.2, 0) is 0 Å². The van der Waals surface area contributed by atoms with E-state index in [1.54, 1.807) is 0 Å². The Morgan fingerprint density at radius 1 is 1.25 bits per heavy atom. The zero-order chi connectivity index (χ0) is 9.15. The molecule has 3 rings (SSSR count). The van der Waals surface area contributed by atoms with Crippen LogP contribution in [0.2, 0.25) is 0 Å². The summed E-state index contributed by atoms with van der Waals surface area (Å²) in [4.78, 5) is 0. The number of hydrogen-bond donors (Lipinski definition) is 2. The van der Waals surface area contributed by atoms with Gasteiger partial charge in [-0.2, -0.15) is 0 Å². The van der Waals surface area contributed by atoms with Crippen molar-refractivity contribution in [3.8, 4) is 0 Å². The summed E-state index contributed by atoms with van der Waals surface area (Å²) in [5.41, 5.74) is 5.60. The van der Waals surface area contributed by atoms with E-state index in [9.17, 15) is 5.11 Å². The molecule has 3 N–H and O–H groups in total. The fourth-order valence-corrected chi connectivity index (χ4v) is 3.21. The summed E-state index contributed by atoms with van der Waals surface area (Å²) in [5.74, 6) is 1.16. The van der Waals surface area contributed by atoms with Crippen LogP contribution in [0.5, 0.6) is 0 Å². The standard InChI is InChI=1S/C10H19NO/c1-9(2)6-4-7(9)10(3,12)8(11)5-6/h6-8,12H,4-5,11H2,1-3H3/t6-,7+,8+,10+/m0/s1. The van der Waals surface area contributed by atoms with Gasteiger partial charge in [0.25, 0.3) is 0 Å². The molecule has 12 heavy (non-hydrogen) atoms. The molecule has 0 radical (unpaired) electrons. The van der Waals surface area contributed by atoms with Gasteiger partial charge < -0.3 is 10.8 Å². The van der Waals surface area contributed by atoms with Gasteiger partial charge in [0.1, 0.15) is 0 Å². The Bertz CT molecular complexity index is 210. The molecular weight excluding hydrogens is 150 g/mol. The van der Waals surface area contributed by atoms with Gasteiger partial charge in [0.2, 0.25) is 0 Å². The Hall–Kier alpha value is -0.0800. The summed E-state index contributed by atoms with van der Waals surface area (Å²) < 4.78 is 0. The largest absolute Gasteiger partial charge is 0.388 e. The van der Waals surface area contributed by atoms with Gasteiger partial charge in [-0.3, -0.25) is 0 Å². The molecule has 0 spiro atoms. The highest BCUT2D eigenvalue weighted by Crippen LogP contribution is 2.62. The summed E-state index contributed by atoms with van der Waals surface area (Å²) in [7, 11) is 0. The summed E-state index contributed by atoms with van der Waals surface area (Å²) in [6.07, 6.45) is 2.17. The lowest BCUT2D eigenvalue weighted by atomic mass is 9.43. The third-order valence-corrected chi connectivity index (χ3v) is 4.47. The Kier molecular flexibility index (Phi) is 1.45. The lowest BCUT2D eigenvalue weighted by Gasteiger charge is -2.64. The molecule has 0 aromatic carbocycles. The molecule has 3 saturated carbocycles. The lowest BCUT2D eigenvalue weighted by molar-refractivity contribution is -0.202. The highest BCUT2D eigenvalue weighted by atomic mass is 16.3. The van der Waals surface area contributed by atoms with Gasteiger partial charge in [-0.1, -0.05) is 13.8 Å². The highest BCUT2D eigenvalue weighted by Gasteiger charge is 2.61. The molecule has 0 amide bonds. The summed E-state index contributed by atoms with van der Waals surface area (Å²) >= 11 is 0. The van der Waals surface area contributed by atoms with Crippen LogP contribution < -0.4 is 5.73 Å². The molecule has 3 aliphatic rings. The third kappa shape index (κ3) is 0.775. The van der Waals surface area contributed by atoms with Crippen LogP contribution in [-0.4, -0.2) is 16.7 Å². The number of rotatable bonds is 0. The van der Waals surface area contributed by atoms with Gasteiger partial charge >= 0.3 is 0 Å². The van der Waals surface area contributed by atoms with Crippen molar-refractivity contribution in [2.75, 3.05) is 0 Å². The molecular formula is C10H19NO. The van der Waals surface area contributed by atoms with Crippen LogP contribution in [0.1, 0.15) is 33.6 Å². The quantitative estimate of drug-likeness (QED) is 0.571. The van der Waals surface area contributed by atoms with Crippen molar-refractivity contribution < 1.29 is 5.11 Å². The molecule has 0 saturated heterocycles. The first kappa shape index (κ1) is 8.52. The van der Waals surface area contributed by atoms with Gasteiger partial charge in [0.05, 0.1) is 5.60 Å². The SMILES string of the molecule is CC1(C)[C@@H]2C[C@@H](N)[C@](C)(O)[C@@H]1C2. The predicted octanol–water partition coefficient (Wildman–Crippen LogP) is 1.13. The van der Waals surface area contributed by atoms with Crippen LogP contribution >= 0.6 is 0 Å². The van der Waals surface area contributed by atoms with Crippen LogP contribution in [0.15, 0.2) is 0 Å². The lowest BCUT2D eigenvalue weighted by Crippen LogP contribution is -2.68. The Labute approximate surface area is 74.1 Å². The average Bonchev–Trinajstić information content (AvgIpc) is 1.93. The van der Waals surface area contributed by atoms with Gasteiger partial charge in [-0.05, 0) is 37.0 Å². The van der Waals surface area contributed by atoms with Crippen LogP contribution in [0.25, 0.3) is 0 Å². The molecule has 70 valence electrons. The summed E-state index contributed by atoms with van der Waals surface area (Å²) in [6.45, 7) is 6.41. The van der Waals surface area contributed by atoms with Crippen molar-refractivity contribution >= 4 is 0 Å². The maximum atomic E-state index is 10.2. The van der Waals surface area contributed by atoms with E-state index in [0.717, 1.165) is 12.3 Å². The average molecular weight is 169 g/mol. The fraction of sp³-hybridized carbons (Fsp3) is 1.00. The molecule has 0 heterocycles. The van der Waals surface area contributed by atoms with Crippen molar-refractivity contribution in [1.29, 1.82) is 0 Å². The monoisotopic (exact) mass is 169 g/mol. The molecule has 0 aliphatic heterocycles. The highest BCUT2D eigenvalue weighted by molar-refractivity contribution is 5.13. The number of hydrogen-bond acceptors (Lipinski definition) is 2. The van der Waals surface area contributed by atoms with E-state index >= 15 is 0 Å². The first-order valence-electron chi connectivity index (χ1n) is 4.84. The van der Waals surface area contributed by atoms with Crippen molar-refractivity contribution in [3.05, 3.63) is 0 Å². The smallest absolute Gasteiger partial charge is 0.0803 e. The fourth-order valence-electron chi connectivity index (χ4n) is 3.21. The number of fused-ring (bicyclic) bond motifs is 2. The molecule has 2 bridgehead atoms. The van der Waals surface area contributed by atoms with Gasteiger partial charge in [-0.25, -0.2) is 0 Å². The molecule has 0 aromatic heterocycles. The van der Waals surface area contributed by atoms with E-state index in [2.05, 4.69) is 13.8 Å². The van der Waals surface area contributed by atoms with Crippen LogP contribution in [0, 0.1) is 17.3 Å². The van der Waals surface area contributed by atoms with Crippen molar-refractivity contribution in [2.24, 2.45) is 23.0 Å². The van der Waals surface area contributed by atoms with E-state index < -0.39 is 5.60 Å². The molecule has 3 aliphatic carbocycles. The van der Waals surface area contributed by atoms with E-state index in [4.69, 9.17) is 5.73 Å². The second-order valence-electron chi connectivity index (χ2n) is 5.37. The minimum atomic E-state index is -0.627. The maximum absolute atomic E-state index is 10.2. The van der Waals surface area contributed by atoms with E-state index in [0.29, 0.717) is 11.3 Å². The minimum Gasteiger partial charge on any atom is -0.388 e. The molecule has 4 atom stereocenters. The predicted molar refractivity (Wildman–Crippen MR) is 48.6 cm³/mol. The van der Waals surface area contributed by atoms with Gasteiger partial charge in [-0.15, -0.1) is 0 Å². The minimum absolute atomic E-state index is 0.00530. The summed E-state index contributed by atoms with van der Waals surface area (Å²) in [5, 5.41) is 10.2. The van der Waals surface area contributed by atoms with Crippen molar-refractivity contribution in [3.63, 3.8) is 0 Å². The normalized spacial score (nSPS) is 56.2. The molecule has 0 unspecified atom stereocenters. The topological polar surface area (TPSA) is 46.2 Å². The first-order valence-corrected chi connectivity index (χ1v) is 4.84. The van der Waals surface area contributed by atoms with E-state index in [-0.39, 0.29) is 6.04 Å². The summed E-state index contributed by atoms with van der Waals surface area (Å²) in [6, 6.07) is -0.00530. The first-order chi connectivity index (χ1) is 5.37. The molecule has 0 aromatic rings. The Balaban J connectivity index is 2.27. The van der Waals surface area contributed by atoms with E-state index in [1.165, 1.54) is 6.42 Å². The molecule has 3 fully saturated rings. The van der Waals surface area contributed by atoms with Crippen LogP contribution in [0.4, 0.5) is 0 Å². The molecule has 2 heteroatoms. The zero-order valence-corrected chi connectivity index (χ0v) is 8.17. The Morgan fingerprint density at radius 3 is 2.17 bits per heavy atom. The van der Waals surface area contributed by atoms with Gasteiger partial charge in [0.15, 0.2) is 0 Å². The Morgan fingerprint density at radius 2 is 1.83 bits per heavy atom. The van der Waals surface area contributed by atoms with Crippen molar-refractivity contribution in [2.45, 2.75) is 45.3 Å². The van der Waals surface area contributed by atoms with Gasteiger partial charge in [0, 0.05) is 6.04 Å². The number of aliphatic hydroxyl groups is 1.